The molecule has 0 spiro atoms. The van der Waals surface area contributed by atoms with Crippen LogP contribution in [-0.4, -0.2) is 12.1 Å². The van der Waals surface area contributed by atoms with E-state index in [1.807, 2.05) is 6.08 Å². The van der Waals surface area contributed by atoms with Gasteiger partial charge >= 0.3 is 5.97 Å². The second-order valence-corrected chi connectivity index (χ2v) is 2.22. The zero-order chi connectivity index (χ0) is 7.40. The van der Waals surface area contributed by atoms with E-state index in [9.17, 15) is 4.79 Å². The van der Waals surface area contributed by atoms with Crippen LogP contribution in [0.1, 0.15) is 12.8 Å². The number of hydrogen-bond acceptors (Lipinski definition) is 2. The van der Waals surface area contributed by atoms with Crippen LogP contribution in [0.15, 0.2) is 24.8 Å². The predicted molar refractivity (Wildman–Crippen MR) is 38.5 cm³/mol. The number of ether oxygens (including phenoxy) is 1. The Kier molecular flexibility index (Phi) is 2.26. The van der Waals surface area contributed by atoms with Crippen LogP contribution in [0.4, 0.5) is 0 Å². The normalized spacial score (nSPS) is 24.0. The molecule has 2 nitrogen and oxygen atoms in total. The van der Waals surface area contributed by atoms with E-state index in [1.54, 1.807) is 6.08 Å². The van der Waals surface area contributed by atoms with E-state index in [2.05, 4.69) is 6.58 Å². The van der Waals surface area contributed by atoms with Gasteiger partial charge in [0.2, 0.25) is 0 Å². The van der Waals surface area contributed by atoms with Gasteiger partial charge in [-0.2, -0.15) is 0 Å². The highest BCUT2D eigenvalue weighted by molar-refractivity contribution is 5.82. The van der Waals surface area contributed by atoms with E-state index in [4.69, 9.17) is 4.74 Å². The average molecular weight is 138 g/mol. The fourth-order valence-electron chi connectivity index (χ4n) is 0.898. The van der Waals surface area contributed by atoms with Gasteiger partial charge in [-0.15, -0.1) is 6.58 Å². The van der Waals surface area contributed by atoms with Gasteiger partial charge in [-0.3, -0.25) is 0 Å². The molecule has 0 amide bonds. The Bertz CT molecular complexity index is 170. The van der Waals surface area contributed by atoms with Crippen LogP contribution >= 0.6 is 0 Å². The summed E-state index contributed by atoms with van der Waals surface area (Å²) >= 11 is 0. The zero-order valence-corrected chi connectivity index (χ0v) is 5.75. The van der Waals surface area contributed by atoms with Gasteiger partial charge < -0.3 is 4.74 Å². The molecule has 54 valence electrons. The topological polar surface area (TPSA) is 26.3 Å². The summed E-state index contributed by atoms with van der Waals surface area (Å²) < 4.78 is 4.93. The molecule has 0 fully saturated rings. The molecule has 0 saturated carbocycles. The van der Waals surface area contributed by atoms with Gasteiger partial charge in [-0.1, -0.05) is 12.2 Å². The van der Waals surface area contributed by atoms with Gasteiger partial charge in [0.1, 0.15) is 6.10 Å². The van der Waals surface area contributed by atoms with Crippen molar-refractivity contribution in [1.82, 2.24) is 0 Å². The third kappa shape index (κ3) is 1.72. The maximum absolute atomic E-state index is 10.6. The van der Waals surface area contributed by atoms with E-state index in [0.29, 0.717) is 0 Å². The lowest BCUT2D eigenvalue weighted by Crippen LogP contribution is -2.18. The van der Waals surface area contributed by atoms with Gasteiger partial charge in [-0.25, -0.2) is 4.79 Å². The molecule has 0 N–H and O–H groups in total. The van der Waals surface area contributed by atoms with Crippen molar-refractivity contribution in [2.75, 3.05) is 0 Å². The molecule has 1 atom stereocenters. The van der Waals surface area contributed by atoms with Crippen LogP contribution in [0.5, 0.6) is 0 Å². The van der Waals surface area contributed by atoms with Gasteiger partial charge in [-0.05, 0) is 0 Å². The largest absolute Gasteiger partial charge is 0.459 e. The first-order valence-corrected chi connectivity index (χ1v) is 3.31. The molecule has 0 radical (unpaired) electrons. The van der Waals surface area contributed by atoms with Crippen molar-refractivity contribution in [3.63, 3.8) is 0 Å². The highest BCUT2D eigenvalue weighted by atomic mass is 16.5. The highest BCUT2D eigenvalue weighted by Gasteiger charge is 2.13. The first kappa shape index (κ1) is 7.06. The van der Waals surface area contributed by atoms with Crippen LogP contribution in [0, 0.1) is 0 Å². The predicted octanol–water partition coefficient (Wildman–Crippen LogP) is 1.43. The molecule has 0 aromatic carbocycles. The third-order valence-corrected chi connectivity index (χ3v) is 1.37. The van der Waals surface area contributed by atoms with Crippen molar-refractivity contribution in [3.05, 3.63) is 24.8 Å². The van der Waals surface area contributed by atoms with Crippen LogP contribution in [0.25, 0.3) is 0 Å². The molecule has 1 heterocycles. The fraction of sp³-hybridized carbons (Fsp3) is 0.375. The van der Waals surface area contributed by atoms with E-state index >= 15 is 0 Å². The number of carbonyl (C=O) groups is 1. The van der Waals surface area contributed by atoms with Crippen molar-refractivity contribution in [2.45, 2.75) is 18.9 Å². The maximum atomic E-state index is 10.6. The van der Waals surface area contributed by atoms with Crippen molar-refractivity contribution in [1.29, 1.82) is 0 Å². The number of carbonyl (C=O) groups excluding carboxylic acids is 1. The first-order valence-electron chi connectivity index (χ1n) is 3.31. The quantitative estimate of drug-likeness (QED) is 0.426. The van der Waals surface area contributed by atoms with E-state index in [0.717, 1.165) is 12.8 Å². The molecule has 0 aliphatic carbocycles. The summed E-state index contributed by atoms with van der Waals surface area (Å²) in [5, 5.41) is 0. The lowest BCUT2D eigenvalue weighted by atomic mass is 10.1. The summed E-state index contributed by atoms with van der Waals surface area (Å²) in [4.78, 5) is 10.6. The summed E-state index contributed by atoms with van der Waals surface area (Å²) in [5.74, 6) is -0.238. The fourth-order valence-corrected chi connectivity index (χ4v) is 0.898. The number of esters is 1. The minimum atomic E-state index is -0.238. The first-order chi connectivity index (χ1) is 4.83. The Balaban J connectivity index is 2.43. The van der Waals surface area contributed by atoms with Crippen LogP contribution < -0.4 is 0 Å². The summed E-state index contributed by atoms with van der Waals surface area (Å²) in [6.07, 6.45) is 6.64. The molecule has 0 aromatic heterocycles. The summed E-state index contributed by atoms with van der Waals surface area (Å²) in [5.41, 5.74) is 0. The molecular formula is C8H10O2. The number of hydrogen-bond donors (Lipinski definition) is 0. The molecule has 1 rings (SSSR count). The van der Waals surface area contributed by atoms with E-state index in [1.165, 1.54) is 6.08 Å². The minimum Gasteiger partial charge on any atom is -0.459 e. The highest BCUT2D eigenvalue weighted by Crippen LogP contribution is 2.10. The zero-order valence-electron chi connectivity index (χ0n) is 5.75. The lowest BCUT2D eigenvalue weighted by molar-refractivity contribution is -0.143. The standard InChI is InChI=1S/C8H10O2/c1-2-4-7-5-3-6-8(9)10-7/h2-3,6-7H,1,4-5H2/t7-/m0/s1. The Morgan fingerprint density at radius 1 is 1.90 bits per heavy atom. The monoisotopic (exact) mass is 138 g/mol. The molecular weight excluding hydrogens is 128 g/mol. The number of rotatable bonds is 2. The Hall–Kier alpha value is -1.05. The summed E-state index contributed by atoms with van der Waals surface area (Å²) in [7, 11) is 0. The Labute approximate surface area is 60.2 Å². The average Bonchev–Trinajstić information content (AvgIpc) is 1.88. The SMILES string of the molecule is C=CC[C@H]1CC=CC(=O)O1. The number of cyclic esters (lactones) is 1. The van der Waals surface area contributed by atoms with Crippen LogP contribution in [0.2, 0.25) is 0 Å². The van der Waals surface area contributed by atoms with Crippen molar-refractivity contribution >= 4 is 5.97 Å². The molecule has 0 bridgehead atoms. The van der Waals surface area contributed by atoms with Crippen molar-refractivity contribution in [3.8, 4) is 0 Å². The molecule has 0 aromatic rings. The maximum Gasteiger partial charge on any atom is 0.330 e. The minimum absolute atomic E-state index is 0.0231. The van der Waals surface area contributed by atoms with Gasteiger partial charge in [0.15, 0.2) is 0 Å². The van der Waals surface area contributed by atoms with Crippen LogP contribution in [0.3, 0.4) is 0 Å². The van der Waals surface area contributed by atoms with Gasteiger partial charge in [0.05, 0.1) is 0 Å². The molecule has 10 heavy (non-hydrogen) atoms. The summed E-state index contributed by atoms with van der Waals surface area (Å²) in [6, 6.07) is 0. The van der Waals surface area contributed by atoms with Crippen LogP contribution in [-0.2, 0) is 9.53 Å². The van der Waals surface area contributed by atoms with E-state index in [-0.39, 0.29) is 12.1 Å². The second kappa shape index (κ2) is 3.20. The molecule has 1 aliphatic rings. The lowest BCUT2D eigenvalue weighted by Gasteiger charge is -2.16. The molecule has 2 heteroatoms. The van der Waals surface area contributed by atoms with Gasteiger partial charge in [0.25, 0.3) is 0 Å². The van der Waals surface area contributed by atoms with E-state index < -0.39 is 0 Å². The third-order valence-electron chi connectivity index (χ3n) is 1.37. The van der Waals surface area contributed by atoms with Gasteiger partial charge in [0, 0.05) is 18.9 Å². The Morgan fingerprint density at radius 3 is 3.30 bits per heavy atom. The molecule has 1 aliphatic heterocycles. The summed E-state index contributed by atoms with van der Waals surface area (Å²) in [6.45, 7) is 3.56. The molecule has 0 unspecified atom stereocenters. The van der Waals surface area contributed by atoms with Crippen molar-refractivity contribution in [2.24, 2.45) is 0 Å². The second-order valence-electron chi connectivity index (χ2n) is 2.22. The molecule has 0 saturated heterocycles. The Morgan fingerprint density at radius 2 is 2.70 bits per heavy atom. The van der Waals surface area contributed by atoms with Crippen molar-refractivity contribution < 1.29 is 9.53 Å². The smallest absolute Gasteiger partial charge is 0.330 e.